The monoisotopic (exact) mass is 174 g/mol. The molecular formula is C8H6N4O. The third kappa shape index (κ3) is 0.807. The Balaban J connectivity index is 2.62. The highest BCUT2D eigenvalue weighted by Crippen LogP contribution is 2.16. The lowest BCUT2D eigenvalue weighted by Crippen LogP contribution is -1.99. The smallest absolute Gasteiger partial charge is 0.306 e. The zero-order chi connectivity index (χ0) is 8.84. The van der Waals surface area contributed by atoms with Crippen molar-refractivity contribution in [2.45, 2.75) is 0 Å². The molecule has 64 valence electrons. The molecular weight excluding hydrogens is 168 g/mol. The lowest BCUT2D eigenvalue weighted by Gasteiger charge is -1.88. The fourth-order valence-corrected chi connectivity index (χ4v) is 1.47. The summed E-state index contributed by atoms with van der Waals surface area (Å²) in [6.45, 7) is 0. The van der Waals surface area contributed by atoms with Crippen LogP contribution in [0.15, 0.2) is 23.1 Å². The van der Waals surface area contributed by atoms with Gasteiger partial charge < -0.3 is 9.97 Å². The normalized spacial score (nSPS) is 11.4. The molecule has 0 aliphatic heterocycles. The van der Waals surface area contributed by atoms with Crippen LogP contribution in [0.3, 0.4) is 0 Å². The Morgan fingerprint density at radius 1 is 1.08 bits per heavy atom. The Bertz CT molecular complexity index is 579. The van der Waals surface area contributed by atoms with Gasteiger partial charge in [-0.05, 0) is 12.1 Å². The Morgan fingerprint density at radius 3 is 2.69 bits per heavy atom. The van der Waals surface area contributed by atoms with Crippen molar-refractivity contribution in [3.63, 3.8) is 0 Å². The number of hydrogen-bond donors (Lipinski definition) is 3. The van der Waals surface area contributed by atoms with Gasteiger partial charge in [-0.15, -0.1) is 0 Å². The van der Waals surface area contributed by atoms with Crippen molar-refractivity contribution in [1.82, 2.24) is 20.2 Å². The van der Waals surface area contributed by atoms with Crippen LogP contribution in [0.5, 0.6) is 0 Å². The number of imidazole rings is 1. The first-order chi connectivity index (χ1) is 6.33. The van der Waals surface area contributed by atoms with Crippen molar-refractivity contribution >= 4 is 21.9 Å². The summed E-state index contributed by atoms with van der Waals surface area (Å²) in [6, 6.07) is 3.74. The van der Waals surface area contributed by atoms with Crippen LogP contribution < -0.4 is 5.69 Å². The Labute approximate surface area is 71.8 Å². The van der Waals surface area contributed by atoms with Crippen LogP contribution in [0, 0.1) is 0 Å². The van der Waals surface area contributed by atoms with Gasteiger partial charge in [0.25, 0.3) is 0 Å². The molecule has 0 spiro atoms. The number of fused-ring (bicyclic) bond motifs is 2. The molecule has 0 aliphatic carbocycles. The Morgan fingerprint density at radius 2 is 1.85 bits per heavy atom. The van der Waals surface area contributed by atoms with E-state index in [1.165, 1.54) is 0 Å². The number of H-pyrrole nitrogens is 3. The van der Waals surface area contributed by atoms with E-state index in [-0.39, 0.29) is 5.69 Å². The molecule has 0 fully saturated rings. The van der Waals surface area contributed by atoms with E-state index in [1.807, 2.05) is 12.1 Å². The van der Waals surface area contributed by atoms with E-state index in [1.54, 1.807) is 6.20 Å². The Kier molecular flexibility index (Phi) is 0.999. The standard InChI is InChI=1S/C8H6N4O/c13-8-10-6-1-4-3-9-12-5(4)2-7(6)11-8/h1-3H,(H,9,12)(H2,10,11,13). The molecule has 0 bridgehead atoms. The molecule has 0 saturated carbocycles. The predicted octanol–water partition coefficient (Wildman–Crippen LogP) is 0.732. The van der Waals surface area contributed by atoms with E-state index in [0.717, 1.165) is 21.9 Å². The molecule has 0 atom stereocenters. The molecule has 3 rings (SSSR count). The number of aromatic amines is 3. The second-order valence-electron chi connectivity index (χ2n) is 2.93. The summed E-state index contributed by atoms with van der Waals surface area (Å²) in [5.74, 6) is 0. The molecule has 2 aromatic heterocycles. The summed E-state index contributed by atoms with van der Waals surface area (Å²) in [5, 5.41) is 7.72. The third-order valence-corrected chi connectivity index (χ3v) is 2.07. The Hall–Kier alpha value is -2.04. The first-order valence-corrected chi connectivity index (χ1v) is 3.88. The first kappa shape index (κ1) is 6.47. The topological polar surface area (TPSA) is 77.3 Å². The van der Waals surface area contributed by atoms with Gasteiger partial charge in [0.1, 0.15) is 0 Å². The molecule has 1 aromatic carbocycles. The molecule has 3 N–H and O–H groups in total. The van der Waals surface area contributed by atoms with Gasteiger partial charge in [0, 0.05) is 5.39 Å². The minimum atomic E-state index is -0.185. The van der Waals surface area contributed by atoms with E-state index in [0.29, 0.717) is 0 Å². The van der Waals surface area contributed by atoms with Gasteiger partial charge in [0.2, 0.25) is 0 Å². The minimum Gasteiger partial charge on any atom is -0.306 e. The van der Waals surface area contributed by atoms with E-state index in [4.69, 9.17) is 0 Å². The average Bonchev–Trinajstić information content (AvgIpc) is 2.63. The maximum atomic E-state index is 11.0. The predicted molar refractivity (Wildman–Crippen MR) is 48.6 cm³/mol. The largest absolute Gasteiger partial charge is 0.323 e. The van der Waals surface area contributed by atoms with Gasteiger partial charge in [-0.2, -0.15) is 5.10 Å². The van der Waals surface area contributed by atoms with Crippen LogP contribution >= 0.6 is 0 Å². The van der Waals surface area contributed by atoms with Gasteiger partial charge in [0.15, 0.2) is 0 Å². The third-order valence-electron chi connectivity index (χ3n) is 2.07. The summed E-state index contributed by atoms with van der Waals surface area (Å²) in [4.78, 5) is 16.3. The van der Waals surface area contributed by atoms with Crippen LogP contribution in [0.2, 0.25) is 0 Å². The first-order valence-electron chi connectivity index (χ1n) is 3.88. The number of rotatable bonds is 0. The maximum absolute atomic E-state index is 11.0. The lowest BCUT2D eigenvalue weighted by molar-refractivity contribution is 1.12. The SMILES string of the molecule is O=c1[nH]c2cc3cn[nH]c3cc2[nH]1. The number of nitrogens with zero attached hydrogens (tertiary/aromatic N) is 1. The molecule has 0 amide bonds. The summed E-state index contributed by atoms with van der Waals surface area (Å²) in [5.41, 5.74) is 2.33. The molecule has 5 nitrogen and oxygen atoms in total. The second-order valence-corrected chi connectivity index (χ2v) is 2.93. The fraction of sp³-hybridized carbons (Fsp3) is 0. The van der Waals surface area contributed by atoms with Crippen molar-refractivity contribution in [2.75, 3.05) is 0 Å². The fourth-order valence-electron chi connectivity index (χ4n) is 1.47. The number of nitrogens with one attached hydrogen (secondary N) is 3. The summed E-state index contributed by atoms with van der Waals surface area (Å²) in [7, 11) is 0. The molecule has 13 heavy (non-hydrogen) atoms. The zero-order valence-electron chi connectivity index (χ0n) is 6.59. The number of hydrogen-bond acceptors (Lipinski definition) is 2. The van der Waals surface area contributed by atoms with Gasteiger partial charge in [0.05, 0.1) is 22.7 Å². The van der Waals surface area contributed by atoms with Crippen LogP contribution in [-0.2, 0) is 0 Å². The second kappa shape index (κ2) is 2.01. The molecule has 0 aliphatic rings. The molecule has 0 unspecified atom stereocenters. The van der Waals surface area contributed by atoms with Crippen LogP contribution in [0.1, 0.15) is 0 Å². The zero-order valence-corrected chi connectivity index (χ0v) is 6.59. The highest BCUT2D eigenvalue weighted by atomic mass is 16.1. The highest BCUT2D eigenvalue weighted by molar-refractivity contribution is 5.92. The summed E-state index contributed by atoms with van der Waals surface area (Å²) in [6.07, 6.45) is 1.72. The van der Waals surface area contributed by atoms with E-state index < -0.39 is 0 Å². The van der Waals surface area contributed by atoms with E-state index in [9.17, 15) is 4.79 Å². The van der Waals surface area contributed by atoms with Crippen molar-refractivity contribution in [1.29, 1.82) is 0 Å². The quantitative estimate of drug-likeness (QED) is 0.470. The van der Waals surface area contributed by atoms with Gasteiger partial charge >= 0.3 is 5.69 Å². The highest BCUT2D eigenvalue weighted by Gasteiger charge is 2.01. The summed E-state index contributed by atoms with van der Waals surface area (Å²) < 4.78 is 0. The molecule has 0 saturated heterocycles. The van der Waals surface area contributed by atoms with Gasteiger partial charge in [-0.25, -0.2) is 4.79 Å². The number of aromatic nitrogens is 4. The number of benzene rings is 1. The molecule has 2 heterocycles. The van der Waals surface area contributed by atoms with E-state index >= 15 is 0 Å². The minimum absolute atomic E-state index is 0.185. The average molecular weight is 174 g/mol. The maximum Gasteiger partial charge on any atom is 0.323 e. The van der Waals surface area contributed by atoms with E-state index in [2.05, 4.69) is 20.2 Å². The van der Waals surface area contributed by atoms with Crippen LogP contribution in [-0.4, -0.2) is 20.2 Å². The summed E-state index contributed by atoms with van der Waals surface area (Å²) >= 11 is 0. The van der Waals surface area contributed by atoms with Crippen molar-refractivity contribution in [3.8, 4) is 0 Å². The van der Waals surface area contributed by atoms with Gasteiger partial charge in [-0.1, -0.05) is 0 Å². The lowest BCUT2D eigenvalue weighted by atomic mass is 10.2. The molecule has 0 radical (unpaired) electrons. The molecule has 3 aromatic rings. The molecule has 5 heteroatoms. The van der Waals surface area contributed by atoms with Crippen LogP contribution in [0.25, 0.3) is 21.9 Å². The van der Waals surface area contributed by atoms with Gasteiger partial charge in [-0.3, -0.25) is 5.10 Å². The van der Waals surface area contributed by atoms with Crippen molar-refractivity contribution < 1.29 is 0 Å². The van der Waals surface area contributed by atoms with Crippen LogP contribution in [0.4, 0.5) is 0 Å². The van der Waals surface area contributed by atoms with Crippen molar-refractivity contribution in [3.05, 3.63) is 28.8 Å². The van der Waals surface area contributed by atoms with Crippen molar-refractivity contribution in [2.24, 2.45) is 0 Å².